The van der Waals surface area contributed by atoms with Gasteiger partial charge in [-0.15, -0.1) is 0 Å². The van der Waals surface area contributed by atoms with Crippen LogP contribution in [0.25, 0.3) is 0 Å². The van der Waals surface area contributed by atoms with E-state index in [1.807, 2.05) is 21.0 Å². The average molecular weight is 272 g/mol. The first-order valence-corrected chi connectivity index (χ1v) is 6.13. The first-order valence-electron chi connectivity index (χ1n) is 5.75. The molecular formula is C12H18ClN3O2. The number of anilines is 1. The lowest BCUT2D eigenvalue weighted by Crippen LogP contribution is -2.23. The number of nitro groups is 1. The molecule has 1 aromatic carbocycles. The number of nitrogens with zero attached hydrogens (tertiary/aromatic N) is 2. The van der Waals surface area contributed by atoms with Crippen molar-refractivity contribution in [3.8, 4) is 0 Å². The second-order valence-corrected chi connectivity index (χ2v) is 4.99. The average Bonchev–Trinajstić information content (AvgIpc) is 2.28. The van der Waals surface area contributed by atoms with E-state index in [0.29, 0.717) is 10.7 Å². The van der Waals surface area contributed by atoms with E-state index in [2.05, 4.69) is 10.2 Å². The molecule has 1 N–H and O–H groups in total. The third-order valence-corrected chi connectivity index (χ3v) is 2.80. The van der Waals surface area contributed by atoms with Crippen molar-refractivity contribution in [3.05, 3.63) is 33.3 Å². The van der Waals surface area contributed by atoms with Crippen LogP contribution in [0.1, 0.15) is 13.3 Å². The number of benzene rings is 1. The number of halogens is 1. The SMILES string of the molecule is CC(CCN(C)C)Nc1ccc(Cl)cc1[N+](=O)[O-]. The van der Waals surface area contributed by atoms with E-state index in [4.69, 9.17) is 11.6 Å². The first kappa shape index (κ1) is 14.7. The Hall–Kier alpha value is -1.33. The van der Waals surface area contributed by atoms with E-state index in [0.717, 1.165) is 13.0 Å². The standard InChI is InChI=1S/C12H18ClN3O2/c1-9(6-7-15(2)3)14-11-5-4-10(13)8-12(11)16(17)18/h4-5,8-9,14H,6-7H2,1-3H3. The molecule has 1 unspecified atom stereocenters. The first-order chi connectivity index (χ1) is 8.40. The molecule has 0 aliphatic heterocycles. The largest absolute Gasteiger partial charge is 0.377 e. The van der Waals surface area contributed by atoms with Crippen LogP contribution < -0.4 is 5.32 Å². The summed E-state index contributed by atoms with van der Waals surface area (Å²) in [6.07, 6.45) is 0.910. The lowest BCUT2D eigenvalue weighted by molar-refractivity contribution is -0.384. The topological polar surface area (TPSA) is 58.4 Å². The molecule has 0 fully saturated rings. The van der Waals surface area contributed by atoms with E-state index >= 15 is 0 Å². The van der Waals surface area contributed by atoms with E-state index in [1.54, 1.807) is 12.1 Å². The van der Waals surface area contributed by atoms with Gasteiger partial charge in [0.25, 0.3) is 5.69 Å². The summed E-state index contributed by atoms with van der Waals surface area (Å²) in [4.78, 5) is 12.6. The van der Waals surface area contributed by atoms with Gasteiger partial charge in [-0.1, -0.05) is 11.6 Å². The summed E-state index contributed by atoms with van der Waals surface area (Å²) in [6, 6.07) is 4.82. The summed E-state index contributed by atoms with van der Waals surface area (Å²) in [6.45, 7) is 2.93. The van der Waals surface area contributed by atoms with Crippen LogP contribution in [0.5, 0.6) is 0 Å². The molecule has 0 radical (unpaired) electrons. The van der Waals surface area contributed by atoms with Crippen LogP contribution in [0.2, 0.25) is 5.02 Å². The Kier molecular flexibility index (Phi) is 5.37. The summed E-state index contributed by atoms with van der Waals surface area (Å²) in [5.74, 6) is 0. The molecular weight excluding hydrogens is 254 g/mol. The summed E-state index contributed by atoms with van der Waals surface area (Å²) in [7, 11) is 3.99. The molecule has 18 heavy (non-hydrogen) atoms. The Labute approximate surface area is 112 Å². The Bertz CT molecular complexity index is 424. The third-order valence-electron chi connectivity index (χ3n) is 2.57. The molecule has 0 aromatic heterocycles. The van der Waals surface area contributed by atoms with Crippen molar-refractivity contribution in [3.63, 3.8) is 0 Å². The van der Waals surface area contributed by atoms with Crippen molar-refractivity contribution < 1.29 is 4.92 Å². The monoisotopic (exact) mass is 271 g/mol. The molecule has 0 spiro atoms. The number of hydrogen-bond donors (Lipinski definition) is 1. The van der Waals surface area contributed by atoms with E-state index in [-0.39, 0.29) is 11.7 Å². The van der Waals surface area contributed by atoms with Gasteiger partial charge in [-0.25, -0.2) is 0 Å². The van der Waals surface area contributed by atoms with Crippen molar-refractivity contribution in [2.75, 3.05) is 26.0 Å². The number of rotatable bonds is 6. The Morgan fingerprint density at radius 3 is 2.72 bits per heavy atom. The molecule has 0 bridgehead atoms. The van der Waals surface area contributed by atoms with Crippen LogP contribution >= 0.6 is 11.6 Å². The highest BCUT2D eigenvalue weighted by atomic mass is 35.5. The Balaban J connectivity index is 2.74. The zero-order valence-electron chi connectivity index (χ0n) is 10.8. The molecule has 0 heterocycles. The number of hydrogen-bond acceptors (Lipinski definition) is 4. The predicted molar refractivity (Wildman–Crippen MR) is 74.4 cm³/mol. The highest BCUT2D eigenvalue weighted by molar-refractivity contribution is 6.30. The van der Waals surface area contributed by atoms with Crippen LogP contribution in [0.3, 0.4) is 0 Å². The van der Waals surface area contributed by atoms with Gasteiger partial charge in [0.15, 0.2) is 0 Å². The number of nitrogens with one attached hydrogen (secondary N) is 1. The smallest absolute Gasteiger partial charge is 0.293 e. The molecule has 5 nitrogen and oxygen atoms in total. The van der Waals surface area contributed by atoms with Gasteiger partial charge < -0.3 is 10.2 Å². The molecule has 0 aliphatic rings. The zero-order chi connectivity index (χ0) is 13.7. The normalized spacial score (nSPS) is 12.5. The lowest BCUT2D eigenvalue weighted by atomic mass is 10.2. The zero-order valence-corrected chi connectivity index (χ0v) is 11.6. The molecule has 1 atom stereocenters. The van der Waals surface area contributed by atoms with E-state index in [9.17, 15) is 10.1 Å². The van der Waals surface area contributed by atoms with Crippen molar-refractivity contribution in [2.24, 2.45) is 0 Å². The van der Waals surface area contributed by atoms with Crippen LogP contribution in [0.15, 0.2) is 18.2 Å². The molecule has 1 aromatic rings. The van der Waals surface area contributed by atoms with Gasteiger partial charge in [0.1, 0.15) is 5.69 Å². The number of nitro benzene ring substituents is 1. The van der Waals surface area contributed by atoms with Gasteiger partial charge >= 0.3 is 0 Å². The maximum Gasteiger partial charge on any atom is 0.293 e. The minimum absolute atomic E-state index is 0.0132. The van der Waals surface area contributed by atoms with Gasteiger partial charge in [0, 0.05) is 17.1 Å². The van der Waals surface area contributed by atoms with Gasteiger partial charge in [-0.2, -0.15) is 0 Å². The molecule has 0 saturated heterocycles. The Morgan fingerprint density at radius 2 is 2.17 bits per heavy atom. The maximum atomic E-state index is 10.9. The fraction of sp³-hybridized carbons (Fsp3) is 0.500. The summed E-state index contributed by atoms with van der Waals surface area (Å²) in [5.41, 5.74) is 0.523. The van der Waals surface area contributed by atoms with Gasteiger partial charge in [-0.3, -0.25) is 10.1 Å². The minimum atomic E-state index is -0.424. The van der Waals surface area contributed by atoms with Gasteiger partial charge in [0.05, 0.1) is 4.92 Å². The van der Waals surface area contributed by atoms with Gasteiger partial charge in [0.2, 0.25) is 0 Å². The summed E-state index contributed by atoms with van der Waals surface area (Å²) in [5, 5.41) is 14.4. The predicted octanol–water partition coefficient (Wildman–Crippen LogP) is 3.00. The highest BCUT2D eigenvalue weighted by Crippen LogP contribution is 2.28. The van der Waals surface area contributed by atoms with E-state index < -0.39 is 4.92 Å². The van der Waals surface area contributed by atoms with Crippen LogP contribution in [0.4, 0.5) is 11.4 Å². The van der Waals surface area contributed by atoms with Crippen molar-refractivity contribution in [2.45, 2.75) is 19.4 Å². The molecule has 100 valence electrons. The quantitative estimate of drug-likeness (QED) is 0.638. The maximum absolute atomic E-state index is 10.9. The summed E-state index contributed by atoms with van der Waals surface area (Å²) < 4.78 is 0. The third kappa shape index (κ3) is 4.50. The van der Waals surface area contributed by atoms with Crippen molar-refractivity contribution >= 4 is 23.0 Å². The molecule has 0 saturated carbocycles. The van der Waals surface area contributed by atoms with E-state index in [1.165, 1.54) is 6.07 Å². The molecule has 6 heteroatoms. The fourth-order valence-corrected chi connectivity index (χ4v) is 1.73. The lowest BCUT2D eigenvalue weighted by Gasteiger charge is -2.17. The summed E-state index contributed by atoms with van der Waals surface area (Å²) >= 11 is 5.76. The van der Waals surface area contributed by atoms with Crippen LogP contribution in [-0.2, 0) is 0 Å². The molecule has 0 aliphatic carbocycles. The van der Waals surface area contributed by atoms with Crippen molar-refractivity contribution in [1.29, 1.82) is 0 Å². The van der Waals surface area contributed by atoms with Crippen LogP contribution in [0, 0.1) is 10.1 Å². The molecule has 0 amide bonds. The second kappa shape index (κ2) is 6.56. The highest BCUT2D eigenvalue weighted by Gasteiger charge is 2.15. The van der Waals surface area contributed by atoms with Crippen LogP contribution in [-0.4, -0.2) is 36.5 Å². The van der Waals surface area contributed by atoms with Crippen molar-refractivity contribution in [1.82, 2.24) is 4.90 Å². The molecule has 1 rings (SSSR count). The fourth-order valence-electron chi connectivity index (χ4n) is 1.57. The minimum Gasteiger partial charge on any atom is -0.377 e. The Morgan fingerprint density at radius 1 is 1.50 bits per heavy atom. The second-order valence-electron chi connectivity index (χ2n) is 4.56. The van der Waals surface area contributed by atoms with Gasteiger partial charge in [-0.05, 0) is 46.1 Å².